The van der Waals surface area contributed by atoms with Crippen LogP contribution in [-0.4, -0.2) is 36.7 Å². The molecule has 2 aliphatic rings. The third-order valence-electron chi connectivity index (χ3n) is 6.44. The molecule has 2 heterocycles. The van der Waals surface area contributed by atoms with Crippen LogP contribution in [0.25, 0.3) is 10.9 Å². The maximum Gasteiger partial charge on any atom is 0.243 e. The zero-order valence-electron chi connectivity index (χ0n) is 17.3. The van der Waals surface area contributed by atoms with Gasteiger partial charge < -0.3 is 5.32 Å². The number of aryl methyl sites for hydroxylation is 2. The number of carbonyl (C=O) groups excluding carboxylic acids is 1. The van der Waals surface area contributed by atoms with Crippen LogP contribution in [0.15, 0.2) is 59.6 Å². The molecule has 1 aromatic heterocycles. The molecule has 1 aliphatic heterocycles. The fourth-order valence-electron chi connectivity index (χ4n) is 4.66. The highest BCUT2D eigenvalue weighted by Gasteiger charge is 2.32. The smallest absolute Gasteiger partial charge is 0.243 e. The molecule has 0 unspecified atom stereocenters. The Morgan fingerprint density at radius 2 is 1.81 bits per heavy atom. The van der Waals surface area contributed by atoms with Crippen molar-refractivity contribution >= 4 is 32.5 Å². The van der Waals surface area contributed by atoms with Gasteiger partial charge in [0.25, 0.3) is 0 Å². The van der Waals surface area contributed by atoms with Gasteiger partial charge in [0.2, 0.25) is 15.9 Å². The van der Waals surface area contributed by atoms with Crippen molar-refractivity contribution in [3.8, 4) is 0 Å². The van der Waals surface area contributed by atoms with E-state index in [0.717, 1.165) is 41.4 Å². The van der Waals surface area contributed by atoms with Gasteiger partial charge in [-0.25, -0.2) is 8.42 Å². The SMILES string of the molecule is O=C(Nc1cccc2ncccc12)C1CCN(S(=O)(=O)c2ccc3c(c2)CCC3)CC1. The molecule has 1 saturated heterocycles. The molecule has 7 heteroatoms. The Hall–Kier alpha value is -2.77. The minimum Gasteiger partial charge on any atom is -0.325 e. The van der Waals surface area contributed by atoms with Crippen molar-refractivity contribution in [3.05, 3.63) is 65.9 Å². The standard InChI is InChI=1S/C24H25N3O3S/c28-24(26-23-8-2-7-22-21(23)6-3-13-25-22)18-11-14-27(15-12-18)31(29,30)20-10-9-17-4-1-5-19(17)16-20/h2-3,6-10,13,16,18H,1,4-5,11-12,14-15H2,(H,26,28). The fraction of sp³-hybridized carbons (Fsp3) is 0.333. The largest absolute Gasteiger partial charge is 0.325 e. The summed E-state index contributed by atoms with van der Waals surface area (Å²) >= 11 is 0. The van der Waals surface area contributed by atoms with Crippen molar-refractivity contribution < 1.29 is 13.2 Å². The van der Waals surface area contributed by atoms with E-state index in [4.69, 9.17) is 0 Å². The van der Waals surface area contributed by atoms with Gasteiger partial charge in [0.15, 0.2) is 0 Å². The molecule has 2 aromatic carbocycles. The van der Waals surface area contributed by atoms with E-state index in [-0.39, 0.29) is 11.8 Å². The molecule has 160 valence electrons. The van der Waals surface area contributed by atoms with Gasteiger partial charge in [0.05, 0.1) is 16.1 Å². The molecular weight excluding hydrogens is 410 g/mol. The predicted octanol–water partition coefficient (Wildman–Crippen LogP) is 3.76. The van der Waals surface area contributed by atoms with Crippen LogP contribution >= 0.6 is 0 Å². The summed E-state index contributed by atoms with van der Waals surface area (Å²) in [6.07, 6.45) is 5.82. The summed E-state index contributed by atoms with van der Waals surface area (Å²) in [5.74, 6) is -0.274. The molecule has 1 aliphatic carbocycles. The van der Waals surface area contributed by atoms with Gasteiger partial charge in [-0.05, 0) is 79.6 Å². The van der Waals surface area contributed by atoms with Crippen LogP contribution in [-0.2, 0) is 27.7 Å². The van der Waals surface area contributed by atoms with E-state index in [0.29, 0.717) is 30.8 Å². The number of carbonyl (C=O) groups is 1. The second kappa shape index (κ2) is 8.05. The van der Waals surface area contributed by atoms with Gasteiger partial charge in [0.1, 0.15) is 0 Å². The Morgan fingerprint density at radius 1 is 1.00 bits per heavy atom. The summed E-state index contributed by atoms with van der Waals surface area (Å²) < 4.78 is 27.8. The van der Waals surface area contributed by atoms with E-state index in [9.17, 15) is 13.2 Å². The molecule has 31 heavy (non-hydrogen) atoms. The number of aromatic nitrogens is 1. The highest BCUT2D eigenvalue weighted by Crippen LogP contribution is 2.29. The zero-order valence-corrected chi connectivity index (χ0v) is 18.1. The van der Waals surface area contributed by atoms with Gasteiger partial charge in [0, 0.05) is 30.6 Å². The lowest BCUT2D eigenvalue weighted by atomic mass is 9.97. The summed E-state index contributed by atoms with van der Waals surface area (Å²) in [6, 6.07) is 15.0. The number of pyridine rings is 1. The second-order valence-electron chi connectivity index (χ2n) is 8.33. The Bertz CT molecular complexity index is 1240. The number of sulfonamides is 1. The van der Waals surface area contributed by atoms with Crippen molar-refractivity contribution in [2.24, 2.45) is 5.92 Å². The number of rotatable bonds is 4. The molecule has 1 amide bonds. The topological polar surface area (TPSA) is 79.4 Å². The first kappa shape index (κ1) is 20.2. The first-order valence-electron chi connectivity index (χ1n) is 10.8. The minimum absolute atomic E-state index is 0.0640. The third-order valence-corrected chi connectivity index (χ3v) is 8.33. The number of amides is 1. The quantitative estimate of drug-likeness (QED) is 0.677. The number of hydrogen-bond acceptors (Lipinski definition) is 4. The van der Waals surface area contributed by atoms with Crippen molar-refractivity contribution in [2.75, 3.05) is 18.4 Å². The van der Waals surface area contributed by atoms with E-state index in [2.05, 4.69) is 10.3 Å². The normalized spacial score (nSPS) is 17.5. The van der Waals surface area contributed by atoms with Crippen LogP contribution in [0, 0.1) is 5.92 Å². The van der Waals surface area contributed by atoms with Crippen LogP contribution in [0.5, 0.6) is 0 Å². The van der Waals surface area contributed by atoms with Gasteiger partial charge in [-0.15, -0.1) is 0 Å². The molecule has 0 bridgehead atoms. The molecule has 3 aromatic rings. The van der Waals surface area contributed by atoms with E-state index in [1.165, 1.54) is 9.87 Å². The molecule has 1 fully saturated rings. The highest BCUT2D eigenvalue weighted by atomic mass is 32.2. The molecule has 0 atom stereocenters. The molecule has 6 nitrogen and oxygen atoms in total. The Morgan fingerprint density at radius 3 is 2.65 bits per heavy atom. The van der Waals surface area contributed by atoms with Crippen molar-refractivity contribution in [1.29, 1.82) is 0 Å². The number of nitrogens with one attached hydrogen (secondary N) is 1. The average molecular weight is 436 g/mol. The van der Waals surface area contributed by atoms with Crippen LogP contribution in [0.1, 0.15) is 30.4 Å². The van der Waals surface area contributed by atoms with Crippen molar-refractivity contribution in [2.45, 2.75) is 37.0 Å². The maximum absolute atomic E-state index is 13.1. The van der Waals surface area contributed by atoms with E-state index >= 15 is 0 Å². The zero-order chi connectivity index (χ0) is 21.4. The maximum atomic E-state index is 13.1. The summed E-state index contributed by atoms with van der Waals surface area (Å²) in [7, 11) is -3.53. The van der Waals surface area contributed by atoms with Crippen molar-refractivity contribution in [3.63, 3.8) is 0 Å². The number of benzene rings is 2. The fourth-order valence-corrected chi connectivity index (χ4v) is 6.18. The number of nitrogens with zero attached hydrogens (tertiary/aromatic N) is 2. The molecule has 5 rings (SSSR count). The lowest BCUT2D eigenvalue weighted by Gasteiger charge is -2.30. The molecule has 0 saturated carbocycles. The van der Waals surface area contributed by atoms with Gasteiger partial charge in [-0.1, -0.05) is 12.1 Å². The monoisotopic (exact) mass is 435 g/mol. The molecular formula is C24H25N3O3S. The van der Waals surface area contributed by atoms with E-state index < -0.39 is 10.0 Å². The first-order chi connectivity index (χ1) is 15.0. The van der Waals surface area contributed by atoms with Crippen LogP contribution in [0.2, 0.25) is 0 Å². The summed E-state index contributed by atoms with van der Waals surface area (Å²) in [6.45, 7) is 0.712. The van der Waals surface area contributed by atoms with Crippen LogP contribution in [0.4, 0.5) is 5.69 Å². The van der Waals surface area contributed by atoms with Gasteiger partial charge in [-0.3, -0.25) is 9.78 Å². The summed E-state index contributed by atoms with van der Waals surface area (Å²) in [5.41, 5.74) is 3.98. The Kier molecular flexibility index (Phi) is 5.24. The lowest BCUT2D eigenvalue weighted by Crippen LogP contribution is -2.41. The second-order valence-corrected chi connectivity index (χ2v) is 10.3. The molecule has 0 radical (unpaired) electrons. The summed E-state index contributed by atoms with van der Waals surface area (Å²) in [4.78, 5) is 17.6. The van der Waals surface area contributed by atoms with Gasteiger partial charge in [-0.2, -0.15) is 4.31 Å². The molecule has 0 spiro atoms. The third kappa shape index (κ3) is 3.83. The predicted molar refractivity (Wildman–Crippen MR) is 120 cm³/mol. The number of fused-ring (bicyclic) bond motifs is 2. The average Bonchev–Trinajstić information content (AvgIpc) is 3.27. The minimum atomic E-state index is -3.53. The number of piperidine rings is 1. The van der Waals surface area contributed by atoms with E-state index in [1.807, 2.05) is 42.5 Å². The number of anilines is 1. The highest BCUT2D eigenvalue weighted by molar-refractivity contribution is 7.89. The Labute approximate surface area is 182 Å². The van der Waals surface area contributed by atoms with Crippen LogP contribution < -0.4 is 5.32 Å². The number of hydrogen-bond donors (Lipinski definition) is 1. The van der Waals surface area contributed by atoms with Crippen LogP contribution in [0.3, 0.4) is 0 Å². The van der Waals surface area contributed by atoms with Crippen molar-refractivity contribution in [1.82, 2.24) is 9.29 Å². The Balaban J connectivity index is 1.26. The van der Waals surface area contributed by atoms with Gasteiger partial charge >= 0.3 is 0 Å². The summed E-state index contributed by atoms with van der Waals surface area (Å²) in [5, 5.41) is 3.92. The van der Waals surface area contributed by atoms with E-state index in [1.54, 1.807) is 12.3 Å². The molecule has 1 N–H and O–H groups in total. The lowest BCUT2D eigenvalue weighted by molar-refractivity contribution is -0.120. The first-order valence-corrected chi connectivity index (χ1v) is 12.2.